The Bertz CT molecular complexity index is 538. The predicted octanol–water partition coefficient (Wildman–Crippen LogP) is 3.70. The van der Waals surface area contributed by atoms with Crippen molar-refractivity contribution < 1.29 is 4.58 Å². The molecule has 0 radical (unpaired) electrons. The average molecular weight is 240 g/mol. The smallest absolute Gasteiger partial charge is 0.202 e. The van der Waals surface area contributed by atoms with Crippen molar-refractivity contribution >= 4 is 5.71 Å². The van der Waals surface area contributed by atoms with E-state index < -0.39 is 0 Å². The van der Waals surface area contributed by atoms with Gasteiger partial charge in [-0.05, 0) is 26.2 Å². The van der Waals surface area contributed by atoms with Crippen LogP contribution < -0.4 is 0 Å². The average Bonchev–Trinajstić information content (AvgIpc) is 2.56. The zero-order valence-electron chi connectivity index (χ0n) is 11.8. The molecule has 0 amide bonds. The third-order valence-corrected chi connectivity index (χ3v) is 4.99. The van der Waals surface area contributed by atoms with Gasteiger partial charge in [-0.3, -0.25) is 0 Å². The zero-order valence-corrected chi connectivity index (χ0v) is 11.8. The Kier molecular flexibility index (Phi) is 2.48. The number of hydrogen-bond acceptors (Lipinski definition) is 0. The molecule has 18 heavy (non-hydrogen) atoms. The fraction of sp³-hybridized carbons (Fsp3) is 0.471. The lowest BCUT2D eigenvalue weighted by Gasteiger charge is -2.30. The largest absolute Gasteiger partial charge is 0.205 e. The van der Waals surface area contributed by atoms with Crippen molar-refractivity contribution in [3.05, 3.63) is 47.7 Å². The molecule has 1 aliphatic heterocycles. The van der Waals surface area contributed by atoms with Gasteiger partial charge in [0, 0.05) is 24.5 Å². The van der Waals surface area contributed by atoms with Crippen molar-refractivity contribution in [3.8, 4) is 0 Å². The minimum Gasteiger partial charge on any atom is -0.202 e. The molecular weight excluding hydrogens is 218 g/mol. The zero-order chi connectivity index (χ0) is 12.9. The van der Waals surface area contributed by atoms with Gasteiger partial charge in [-0.2, -0.15) is 0 Å². The summed E-state index contributed by atoms with van der Waals surface area (Å²) in [6.45, 7) is 6.99. The van der Waals surface area contributed by atoms with Crippen molar-refractivity contribution in [1.29, 1.82) is 0 Å². The van der Waals surface area contributed by atoms with Gasteiger partial charge in [0.1, 0.15) is 7.05 Å². The molecule has 2 atom stereocenters. The lowest BCUT2D eigenvalue weighted by atomic mass is 9.69. The van der Waals surface area contributed by atoms with E-state index in [9.17, 15) is 0 Å². The lowest BCUT2D eigenvalue weighted by molar-refractivity contribution is -0.437. The second kappa shape index (κ2) is 3.81. The second-order valence-electron chi connectivity index (χ2n) is 6.17. The first-order chi connectivity index (χ1) is 8.53. The molecule has 0 N–H and O–H groups in total. The van der Waals surface area contributed by atoms with Crippen molar-refractivity contribution in [2.75, 3.05) is 7.05 Å². The Morgan fingerprint density at radius 2 is 2.00 bits per heavy atom. The highest BCUT2D eigenvalue weighted by Crippen LogP contribution is 2.47. The summed E-state index contributed by atoms with van der Waals surface area (Å²) >= 11 is 0. The molecule has 3 rings (SSSR count). The summed E-state index contributed by atoms with van der Waals surface area (Å²) in [6, 6.07) is 0. The highest BCUT2D eigenvalue weighted by molar-refractivity contribution is 5.89. The summed E-state index contributed by atoms with van der Waals surface area (Å²) < 4.78 is 2.37. The third-order valence-electron chi connectivity index (χ3n) is 4.99. The lowest BCUT2D eigenvalue weighted by Crippen LogP contribution is -2.29. The molecule has 0 saturated heterocycles. The molecule has 94 valence electrons. The van der Waals surface area contributed by atoms with Crippen LogP contribution >= 0.6 is 0 Å². The first-order valence-corrected chi connectivity index (χ1v) is 6.87. The number of rotatable bonds is 0. The minimum absolute atomic E-state index is 0.187. The Morgan fingerprint density at radius 3 is 2.78 bits per heavy atom. The topological polar surface area (TPSA) is 3.01 Å². The number of hydrogen-bond donors (Lipinski definition) is 0. The molecule has 0 aromatic carbocycles. The molecule has 0 saturated carbocycles. The first kappa shape index (κ1) is 11.7. The molecule has 0 spiro atoms. The van der Waals surface area contributed by atoms with Crippen LogP contribution in [0.4, 0.5) is 0 Å². The van der Waals surface area contributed by atoms with Crippen LogP contribution in [0.15, 0.2) is 47.7 Å². The maximum Gasteiger partial charge on any atom is 0.205 e. The highest BCUT2D eigenvalue weighted by atomic mass is 15.0. The van der Waals surface area contributed by atoms with Crippen LogP contribution in [0, 0.1) is 17.3 Å². The summed E-state index contributed by atoms with van der Waals surface area (Å²) in [5, 5.41) is 0. The molecule has 2 unspecified atom stereocenters. The fourth-order valence-electron chi connectivity index (χ4n) is 3.60. The maximum atomic E-state index is 2.40. The van der Waals surface area contributed by atoms with Gasteiger partial charge in [-0.15, -0.1) is 0 Å². The van der Waals surface area contributed by atoms with Crippen molar-refractivity contribution in [2.45, 2.75) is 27.2 Å². The van der Waals surface area contributed by atoms with Crippen LogP contribution in [0.2, 0.25) is 0 Å². The van der Waals surface area contributed by atoms with Gasteiger partial charge in [-0.25, -0.2) is 4.58 Å². The molecule has 1 heteroatoms. The maximum absolute atomic E-state index is 2.40. The van der Waals surface area contributed by atoms with Crippen LogP contribution in [0.5, 0.6) is 0 Å². The Morgan fingerprint density at radius 1 is 1.22 bits per heavy atom. The van der Waals surface area contributed by atoms with E-state index in [4.69, 9.17) is 0 Å². The number of nitrogens with zero attached hydrogens (tertiary/aromatic N) is 1. The Labute approximate surface area is 110 Å². The normalized spacial score (nSPS) is 32.7. The van der Waals surface area contributed by atoms with Crippen LogP contribution in [-0.4, -0.2) is 17.3 Å². The van der Waals surface area contributed by atoms with Gasteiger partial charge in [-0.1, -0.05) is 30.4 Å². The van der Waals surface area contributed by atoms with Crippen LogP contribution in [0.3, 0.4) is 0 Å². The highest BCUT2D eigenvalue weighted by Gasteiger charge is 2.48. The Balaban J connectivity index is 2.13. The SMILES string of the molecule is CC1=[N+](C)C2=C(C3C=CC=CCC3C=C2)C1(C)C. The van der Waals surface area contributed by atoms with Crippen LogP contribution in [0.1, 0.15) is 27.2 Å². The number of likely N-dealkylation sites (N-methyl/N-ethyl adjacent to an activating group) is 1. The van der Waals surface area contributed by atoms with E-state index in [0.717, 1.165) is 6.42 Å². The van der Waals surface area contributed by atoms with Crippen molar-refractivity contribution in [1.82, 2.24) is 0 Å². The molecule has 0 fully saturated rings. The van der Waals surface area contributed by atoms with Crippen molar-refractivity contribution in [2.24, 2.45) is 17.3 Å². The van der Waals surface area contributed by atoms with E-state index in [0.29, 0.717) is 11.8 Å². The van der Waals surface area contributed by atoms with Gasteiger partial charge in [0.05, 0.1) is 5.41 Å². The molecule has 0 aromatic heterocycles. The summed E-state index contributed by atoms with van der Waals surface area (Å²) in [5.74, 6) is 1.20. The molecule has 3 aliphatic rings. The van der Waals surface area contributed by atoms with E-state index in [1.54, 1.807) is 5.57 Å². The van der Waals surface area contributed by atoms with Gasteiger partial charge in [0.2, 0.25) is 5.70 Å². The van der Waals surface area contributed by atoms with E-state index in [1.807, 2.05) is 0 Å². The van der Waals surface area contributed by atoms with Gasteiger partial charge >= 0.3 is 0 Å². The molecule has 0 aromatic rings. The van der Waals surface area contributed by atoms with E-state index in [-0.39, 0.29) is 5.41 Å². The number of fused-ring (bicyclic) bond motifs is 2. The van der Waals surface area contributed by atoms with Crippen molar-refractivity contribution in [3.63, 3.8) is 0 Å². The van der Waals surface area contributed by atoms with Gasteiger partial charge in [0.25, 0.3) is 0 Å². The predicted molar refractivity (Wildman–Crippen MR) is 76.7 cm³/mol. The molecule has 1 nitrogen and oxygen atoms in total. The summed E-state index contributed by atoms with van der Waals surface area (Å²) in [5.41, 5.74) is 4.68. The van der Waals surface area contributed by atoms with E-state index in [2.05, 4.69) is 68.9 Å². The summed E-state index contributed by atoms with van der Waals surface area (Å²) in [4.78, 5) is 0. The van der Waals surface area contributed by atoms with E-state index in [1.165, 1.54) is 11.4 Å². The molecule has 1 heterocycles. The molecule has 2 aliphatic carbocycles. The van der Waals surface area contributed by atoms with Crippen LogP contribution in [0.25, 0.3) is 0 Å². The standard InChI is InChI=1S/C17H22N/c1-12-17(2,3)16-14-9-7-5-6-8-13(14)10-11-15(16)18(12)4/h5-7,9-11,13-14H,8H2,1-4H3/q+1. The third kappa shape index (κ3) is 1.43. The van der Waals surface area contributed by atoms with Gasteiger partial charge in [0.15, 0.2) is 5.71 Å². The van der Waals surface area contributed by atoms with Gasteiger partial charge < -0.3 is 0 Å². The van der Waals surface area contributed by atoms with Crippen LogP contribution in [-0.2, 0) is 0 Å². The molecule has 0 bridgehead atoms. The summed E-state index contributed by atoms with van der Waals surface area (Å²) in [6.07, 6.45) is 15.0. The molecular formula is C17H22N+. The fourth-order valence-corrected chi connectivity index (χ4v) is 3.60. The minimum atomic E-state index is 0.187. The monoisotopic (exact) mass is 240 g/mol. The van der Waals surface area contributed by atoms with E-state index >= 15 is 0 Å². The first-order valence-electron chi connectivity index (χ1n) is 6.87. The second-order valence-corrected chi connectivity index (χ2v) is 6.17. The quantitative estimate of drug-likeness (QED) is 0.568. The Hall–Kier alpha value is -1.37. The summed E-state index contributed by atoms with van der Waals surface area (Å²) in [7, 11) is 2.20. The number of allylic oxidation sites excluding steroid dienone is 7.